The van der Waals surface area contributed by atoms with Gasteiger partial charge in [-0.1, -0.05) is 41.4 Å². The van der Waals surface area contributed by atoms with Crippen molar-refractivity contribution in [1.82, 2.24) is 4.90 Å². The van der Waals surface area contributed by atoms with Crippen LogP contribution in [0.4, 0.5) is 4.79 Å². The van der Waals surface area contributed by atoms with E-state index in [0.29, 0.717) is 32.3 Å². The van der Waals surface area contributed by atoms with Crippen molar-refractivity contribution in [2.24, 2.45) is 0 Å². The zero-order valence-electron chi connectivity index (χ0n) is 14.1. The number of hydrogen-bond acceptors (Lipinski definition) is 4. The molecule has 2 aromatic carbocycles. The van der Waals surface area contributed by atoms with Gasteiger partial charge in [-0.05, 0) is 64.0 Å². The van der Waals surface area contributed by atoms with Crippen LogP contribution in [-0.2, 0) is 11.4 Å². The van der Waals surface area contributed by atoms with Crippen LogP contribution < -0.4 is 4.74 Å². The molecule has 0 atom stereocenters. The fourth-order valence-electron chi connectivity index (χ4n) is 2.34. The first-order chi connectivity index (χ1) is 12.3. The summed E-state index contributed by atoms with van der Waals surface area (Å²) in [4.78, 5) is 25.0. The van der Waals surface area contributed by atoms with E-state index in [4.69, 9.17) is 16.3 Å². The Kier molecular flexibility index (Phi) is 5.75. The first-order valence-corrected chi connectivity index (χ1v) is 9.73. The van der Waals surface area contributed by atoms with E-state index in [1.54, 1.807) is 18.2 Å². The summed E-state index contributed by atoms with van der Waals surface area (Å²) in [6, 6.07) is 11.6. The zero-order chi connectivity index (χ0) is 18.8. The van der Waals surface area contributed by atoms with Gasteiger partial charge in [0.15, 0.2) is 5.75 Å². The molecule has 2 aromatic rings. The number of benzene rings is 2. The maximum Gasteiger partial charge on any atom is 0.293 e. The average molecular weight is 453 g/mol. The SMILES string of the molecule is Cc1ccc(COc2c(Cl)cc(/C=C3\SC(=O)N(C)C3=O)cc2Br)cc1. The number of halogens is 2. The Morgan fingerprint density at radius 2 is 1.92 bits per heavy atom. The highest BCUT2D eigenvalue weighted by Gasteiger charge is 2.31. The van der Waals surface area contributed by atoms with E-state index >= 15 is 0 Å². The number of amides is 2. The lowest BCUT2D eigenvalue weighted by atomic mass is 10.1. The molecule has 0 radical (unpaired) electrons. The van der Waals surface area contributed by atoms with Gasteiger partial charge >= 0.3 is 0 Å². The number of nitrogens with zero attached hydrogens (tertiary/aromatic N) is 1. The van der Waals surface area contributed by atoms with Crippen LogP contribution in [0.25, 0.3) is 6.08 Å². The summed E-state index contributed by atoms with van der Waals surface area (Å²) in [5, 5.41) is 0.137. The van der Waals surface area contributed by atoms with E-state index in [-0.39, 0.29) is 11.1 Å². The van der Waals surface area contributed by atoms with Crippen molar-refractivity contribution in [1.29, 1.82) is 0 Å². The lowest BCUT2D eigenvalue weighted by Gasteiger charge is -2.11. The van der Waals surface area contributed by atoms with Crippen LogP contribution in [-0.4, -0.2) is 23.1 Å². The second kappa shape index (κ2) is 7.86. The Morgan fingerprint density at radius 3 is 2.50 bits per heavy atom. The number of rotatable bonds is 4. The molecule has 3 rings (SSSR count). The number of thioether (sulfide) groups is 1. The van der Waals surface area contributed by atoms with E-state index in [0.717, 1.165) is 22.2 Å². The number of imide groups is 1. The summed E-state index contributed by atoms with van der Waals surface area (Å²) in [7, 11) is 1.46. The fraction of sp³-hybridized carbons (Fsp3) is 0.158. The molecule has 0 N–H and O–H groups in total. The third-order valence-corrected chi connectivity index (χ3v) is 5.64. The van der Waals surface area contributed by atoms with Crippen LogP contribution in [0.5, 0.6) is 5.75 Å². The first kappa shape index (κ1) is 19.0. The Bertz CT molecular complexity index is 888. The van der Waals surface area contributed by atoms with Crippen molar-refractivity contribution >= 4 is 56.5 Å². The summed E-state index contributed by atoms with van der Waals surface area (Å²) in [6.07, 6.45) is 1.65. The number of hydrogen-bond donors (Lipinski definition) is 0. The molecule has 4 nitrogen and oxygen atoms in total. The van der Waals surface area contributed by atoms with E-state index in [2.05, 4.69) is 15.9 Å². The van der Waals surface area contributed by atoms with Crippen molar-refractivity contribution in [3.05, 3.63) is 67.5 Å². The lowest BCUT2D eigenvalue weighted by molar-refractivity contribution is -0.121. The molecule has 26 heavy (non-hydrogen) atoms. The van der Waals surface area contributed by atoms with Gasteiger partial charge in [-0.3, -0.25) is 14.5 Å². The molecule has 1 aliphatic rings. The van der Waals surface area contributed by atoms with Crippen LogP contribution in [0.1, 0.15) is 16.7 Å². The Morgan fingerprint density at radius 1 is 1.23 bits per heavy atom. The van der Waals surface area contributed by atoms with E-state index in [9.17, 15) is 9.59 Å². The molecule has 0 bridgehead atoms. The van der Waals surface area contributed by atoms with Gasteiger partial charge in [0, 0.05) is 7.05 Å². The van der Waals surface area contributed by atoms with Crippen LogP contribution in [0.3, 0.4) is 0 Å². The van der Waals surface area contributed by atoms with Crippen molar-refractivity contribution in [3.8, 4) is 5.75 Å². The highest BCUT2D eigenvalue weighted by molar-refractivity contribution is 9.10. The minimum atomic E-state index is -0.313. The molecule has 1 aliphatic heterocycles. The highest BCUT2D eigenvalue weighted by Crippen LogP contribution is 2.37. The maximum atomic E-state index is 12.0. The third kappa shape index (κ3) is 4.14. The summed E-state index contributed by atoms with van der Waals surface area (Å²) < 4.78 is 6.52. The van der Waals surface area contributed by atoms with Gasteiger partial charge < -0.3 is 4.74 Å². The van der Waals surface area contributed by atoms with Gasteiger partial charge in [-0.2, -0.15) is 0 Å². The molecule has 1 heterocycles. The molecule has 0 unspecified atom stereocenters. The molecule has 2 amide bonds. The van der Waals surface area contributed by atoms with E-state index in [1.807, 2.05) is 31.2 Å². The number of carbonyl (C=O) groups is 2. The molecule has 0 aromatic heterocycles. The minimum Gasteiger partial charge on any atom is -0.486 e. The largest absolute Gasteiger partial charge is 0.486 e. The van der Waals surface area contributed by atoms with Crippen LogP contribution in [0, 0.1) is 6.92 Å². The fourth-order valence-corrected chi connectivity index (χ4v) is 4.15. The Balaban J connectivity index is 1.79. The molecular weight excluding hydrogens is 438 g/mol. The van der Waals surface area contributed by atoms with Crippen LogP contribution >= 0.6 is 39.3 Å². The molecule has 1 saturated heterocycles. The van der Waals surface area contributed by atoms with Crippen LogP contribution in [0.15, 0.2) is 45.8 Å². The summed E-state index contributed by atoms with van der Waals surface area (Å²) in [5.41, 5.74) is 2.94. The standard InChI is InChI=1S/C19H15BrClNO3S/c1-11-3-5-12(6-4-11)10-25-17-14(20)7-13(8-15(17)21)9-16-18(23)22(2)19(24)26-16/h3-9H,10H2,1-2H3/b16-9-. The molecule has 134 valence electrons. The molecule has 0 spiro atoms. The quantitative estimate of drug-likeness (QED) is 0.562. The van der Waals surface area contributed by atoms with Gasteiger partial charge in [0.05, 0.1) is 14.4 Å². The van der Waals surface area contributed by atoms with Crippen molar-refractivity contribution < 1.29 is 14.3 Å². The van der Waals surface area contributed by atoms with Gasteiger partial charge in [0.1, 0.15) is 6.61 Å². The van der Waals surface area contributed by atoms with Crippen molar-refractivity contribution in [2.45, 2.75) is 13.5 Å². The van der Waals surface area contributed by atoms with Crippen LogP contribution in [0.2, 0.25) is 5.02 Å². The van der Waals surface area contributed by atoms with Crippen molar-refractivity contribution in [2.75, 3.05) is 7.05 Å². The number of likely N-dealkylation sites (N-methyl/N-ethyl adjacent to an activating group) is 1. The third-order valence-electron chi connectivity index (χ3n) is 3.81. The molecule has 0 aliphatic carbocycles. The molecular formula is C19H15BrClNO3S. The predicted molar refractivity (Wildman–Crippen MR) is 108 cm³/mol. The normalized spacial score (nSPS) is 15.8. The highest BCUT2D eigenvalue weighted by atomic mass is 79.9. The number of aryl methyl sites for hydroxylation is 1. The zero-order valence-corrected chi connectivity index (χ0v) is 17.2. The van der Waals surface area contributed by atoms with Gasteiger partial charge in [0.25, 0.3) is 11.1 Å². The molecule has 7 heteroatoms. The monoisotopic (exact) mass is 451 g/mol. The predicted octanol–water partition coefficient (Wildman–Crippen LogP) is 5.66. The average Bonchev–Trinajstić information content (AvgIpc) is 2.83. The van der Waals surface area contributed by atoms with E-state index < -0.39 is 0 Å². The summed E-state index contributed by atoms with van der Waals surface area (Å²) in [6.45, 7) is 2.43. The maximum absolute atomic E-state index is 12.0. The second-order valence-corrected chi connectivity index (χ2v) is 8.08. The van der Waals surface area contributed by atoms with Gasteiger partial charge in [0.2, 0.25) is 0 Å². The first-order valence-electron chi connectivity index (χ1n) is 7.74. The number of carbonyl (C=O) groups excluding carboxylic acids is 2. The smallest absolute Gasteiger partial charge is 0.293 e. The summed E-state index contributed by atoms with van der Waals surface area (Å²) in [5.74, 6) is 0.222. The van der Waals surface area contributed by atoms with Gasteiger partial charge in [-0.15, -0.1) is 0 Å². The molecule has 1 fully saturated rings. The second-order valence-electron chi connectivity index (χ2n) is 5.83. The minimum absolute atomic E-state index is 0.288. The van der Waals surface area contributed by atoms with Crippen molar-refractivity contribution in [3.63, 3.8) is 0 Å². The number of ether oxygens (including phenoxy) is 1. The van der Waals surface area contributed by atoms with Gasteiger partial charge in [-0.25, -0.2) is 0 Å². The Hall–Kier alpha value is -1.76. The summed E-state index contributed by atoms with van der Waals surface area (Å²) >= 11 is 10.7. The Labute approximate surface area is 169 Å². The van der Waals surface area contributed by atoms with E-state index in [1.165, 1.54) is 12.6 Å². The lowest BCUT2D eigenvalue weighted by Crippen LogP contribution is -2.22. The molecule has 0 saturated carbocycles. The topological polar surface area (TPSA) is 46.6 Å².